The lowest BCUT2D eigenvalue weighted by molar-refractivity contribution is 0.0697. The van der Waals surface area contributed by atoms with E-state index in [0.29, 0.717) is 12.2 Å². The highest BCUT2D eigenvalue weighted by molar-refractivity contribution is 5.87. The molecule has 3 heteroatoms. The van der Waals surface area contributed by atoms with Gasteiger partial charge in [-0.15, -0.1) is 0 Å². The number of rotatable bonds is 3. The van der Waals surface area contributed by atoms with Crippen molar-refractivity contribution < 1.29 is 14.6 Å². The average molecular weight is 292 g/mol. The molecule has 0 aliphatic carbocycles. The zero-order valence-corrected chi connectivity index (χ0v) is 12.2. The van der Waals surface area contributed by atoms with Crippen LogP contribution in [0.3, 0.4) is 0 Å². The molecule has 0 spiro atoms. The van der Waals surface area contributed by atoms with E-state index < -0.39 is 5.97 Å². The number of hydrogen-bond donors (Lipinski definition) is 1. The quantitative estimate of drug-likeness (QED) is 0.919. The number of ether oxygens (including phenoxy) is 1. The van der Waals surface area contributed by atoms with Crippen molar-refractivity contribution in [1.29, 1.82) is 0 Å². The summed E-state index contributed by atoms with van der Waals surface area (Å²) in [6, 6.07) is 14.8. The van der Waals surface area contributed by atoms with Crippen molar-refractivity contribution in [1.82, 2.24) is 0 Å². The van der Waals surface area contributed by atoms with Crippen molar-refractivity contribution in [3.05, 3.63) is 76.4 Å². The molecule has 1 aliphatic rings. The lowest BCUT2D eigenvalue weighted by Gasteiger charge is -2.18. The minimum Gasteiger partial charge on any atom is -0.488 e. The Labute approximate surface area is 129 Å². The topological polar surface area (TPSA) is 46.5 Å². The standard InChI is InChI=1S/C19H16O3/c1-13(10-14-6-8-15(9-7-14)19(20)21)17-11-16-4-2-3-5-18(16)22-12-17/h2-11H,12H2,1H3,(H,20,21). The Balaban J connectivity index is 1.86. The molecule has 0 saturated heterocycles. The molecule has 0 radical (unpaired) electrons. The minimum absolute atomic E-state index is 0.295. The highest BCUT2D eigenvalue weighted by atomic mass is 16.5. The fraction of sp³-hybridized carbons (Fsp3) is 0.105. The second kappa shape index (κ2) is 5.90. The van der Waals surface area contributed by atoms with Crippen LogP contribution in [0, 0.1) is 0 Å². The maximum atomic E-state index is 10.9. The summed E-state index contributed by atoms with van der Waals surface area (Å²) in [5.74, 6) is -0.00268. The molecule has 0 unspecified atom stereocenters. The summed E-state index contributed by atoms with van der Waals surface area (Å²) >= 11 is 0. The Hall–Kier alpha value is -2.81. The first-order chi connectivity index (χ1) is 10.6. The molecule has 0 saturated carbocycles. The number of para-hydroxylation sites is 1. The van der Waals surface area contributed by atoms with Gasteiger partial charge in [0.25, 0.3) is 0 Å². The van der Waals surface area contributed by atoms with Gasteiger partial charge in [0.15, 0.2) is 0 Å². The third-order valence-corrected chi connectivity index (χ3v) is 3.68. The SMILES string of the molecule is CC(=Cc1ccc(C(=O)O)cc1)C1=Cc2ccccc2OC1. The molecule has 2 aromatic rings. The monoisotopic (exact) mass is 292 g/mol. The molecule has 2 aromatic carbocycles. The van der Waals surface area contributed by atoms with Gasteiger partial charge in [-0.2, -0.15) is 0 Å². The zero-order chi connectivity index (χ0) is 15.5. The van der Waals surface area contributed by atoms with Crippen LogP contribution in [0.15, 0.2) is 59.7 Å². The Morgan fingerprint density at radius 2 is 1.86 bits per heavy atom. The molecule has 1 aliphatic heterocycles. The van der Waals surface area contributed by atoms with Crippen LogP contribution >= 0.6 is 0 Å². The van der Waals surface area contributed by atoms with Crippen molar-refractivity contribution in [2.24, 2.45) is 0 Å². The lowest BCUT2D eigenvalue weighted by atomic mass is 10.00. The van der Waals surface area contributed by atoms with Crippen molar-refractivity contribution in [3.8, 4) is 5.75 Å². The van der Waals surface area contributed by atoms with E-state index in [0.717, 1.165) is 28.0 Å². The van der Waals surface area contributed by atoms with E-state index in [1.807, 2.05) is 49.4 Å². The fourth-order valence-corrected chi connectivity index (χ4v) is 2.41. The van der Waals surface area contributed by atoms with Crippen LogP contribution in [0.5, 0.6) is 5.75 Å². The Bertz CT molecular complexity index is 768. The molecule has 0 atom stereocenters. The van der Waals surface area contributed by atoms with Gasteiger partial charge in [0.2, 0.25) is 0 Å². The van der Waals surface area contributed by atoms with Gasteiger partial charge in [0, 0.05) is 5.56 Å². The third-order valence-electron chi connectivity index (χ3n) is 3.68. The van der Waals surface area contributed by atoms with E-state index >= 15 is 0 Å². The highest BCUT2D eigenvalue weighted by Crippen LogP contribution is 2.29. The number of benzene rings is 2. The Kier molecular flexibility index (Phi) is 3.79. The van der Waals surface area contributed by atoms with Crippen LogP contribution in [-0.2, 0) is 0 Å². The third kappa shape index (κ3) is 2.93. The van der Waals surface area contributed by atoms with Crippen molar-refractivity contribution in [2.75, 3.05) is 6.61 Å². The van der Waals surface area contributed by atoms with Gasteiger partial charge in [0.05, 0.1) is 5.56 Å². The van der Waals surface area contributed by atoms with Crippen molar-refractivity contribution in [3.63, 3.8) is 0 Å². The van der Waals surface area contributed by atoms with Crippen LogP contribution in [0.4, 0.5) is 0 Å². The van der Waals surface area contributed by atoms with Gasteiger partial charge in [-0.1, -0.05) is 36.4 Å². The van der Waals surface area contributed by atoms with Crippen LogP contribution in [-0.4, -0.2) is 17.7 Å². The van der Waals surface area contributed by atoms with Gasteiger partial charge in [0.1, 0.15) is 12.4 Å². The number of fused-ring (bicyclic) bond motifs is 1. The first kappa shape index (κ1) is 14.1. The summed E-state index contributed by atoms with van der Waals surface area (Å²) in [6.45, 7) is 2.58. The minimum atomic E-state index is -0.910. The van der Waals surface area contributed by atoms with Crippen LogP contribution in [0.1, 0.15) is 28.4 Å². The maximum Gasteiger partial charge on any atom is 0.335 e. The number of hydrogen-bond acceptors (Lipinski definition) is 2. The predicted molar refractivity (Wildman–Crippen MR) is 87.0 cm³/mol. The molecular weight excluding hydrogens is 276 g/mol. The summed E-state index contributed by atoms with van der Waals surface area (Å²) < 4.78 is 5.76. The van der Waals surface area contributed by atoms with Gasteiger partial charge >= 0.3 is 5.97 Å². The number of carboxylic acid groups (broad SMARTS) is 1. The molecule has 3 nitrogen and oxygen atoms in total. The summed E-state index contributed by atoms with van der Waals surface area (Å²) in [4.78, 5) is 10.9. The Morgan fingerprint density at radius 1 is 1.14 bits per heavy atom. The second-order valence-electron chi connectivity index (χ2n) is 5.25. The molecule has 1 N–H and O–H groups in total. The smallest absolute Gasteiger partial charge is 0.335 e. The first-order valence-corrected chi connectivity index (χ1v) is 7.08. The summed E-state index contributed by atoms with van der Waals surface area (Å²) in [5.41, 5.74) is 4.59. The Morgan fingerprint density at radius 3 is 2.59 bits per heavy atom. The molecule has 0 amide bonds. The van der Waals surface area contributed by atoms with E-state index in [1.54, 1.807) is 12.1 Å². The largest absolute Gasteiger partial charge is 0.488 e. The van der Waals surface area contributed by atoms with Crippen LogP contribution < -0.4 is 4.74 Å². The number of carbonyl (C=O) groups is 1. The number of carboxylic acids is 1. The molecule has 0 fully saturated rings. The summed E-state index contributed by atoms with van der Waals surface area (Å²) in [6.07, 6.45) is 4.17. The van der Waals surface area contributed by atoms with Gasteiger partial charge in [-0.05, 0) is 47.9 Å². The van der Waals surface area contributed by atoms with Gasteiger partial charge in [-0.25, -0.2) is 4.79 Å². The van der Waals surface area contributed by atoms with Gasteiger partial charge < -0.3 is 9.84 Å². The van der Waals surface area contributed by atoms with E-state index in [1.165, 1.54) is 0 Å². The maximum absolute atomic E-state index is 10.9. The molecule has 1 heterocycles. The highest BCUT2D eigenvalue weighted by Gasteiger charge is 2.11. The predicted octanol–water partition coefficient (Wildman–Crippen LogP) is 4.26. The van der Waals surface area contributed by atoms with Crippen molar-refractivity contribution >= 4 is 18.1 Å². The summed E-state index contributed by atoms with van der Waals surface area (Å²) in [7, 11) is 0. The molecule has 0 aromatic heterocycles. The van der Waals surface area contributed by atoms with E-state index in [9.17, 15) is 4.79 Å². The molecule has 22 heavy (non-hydrogen) atoms. The average Bonchev–Trinajstić information content (AvgIpc) is 2.55. The van der Waals surface area contributed by atoms with Crippen molar-refractivity contribution in [2.45, 2.75) is 6.92 Å². The first-order valence-electron chi connectivity index (χ1n) is 7.08. The molecule has 3 rings (SSSR count). The van der Waals surface area contributed by atoms with E-state index in [4.69, 9.17) is 9.84 Å². The van der Waals surface area contributed by atoms with Crippen LogP contribution in [0.2, 0.25) is 0 Å². The molecular formula is C19H16O3. The summed E-state index contributed by atoms with van der Waals surface area (Å²) in [5, 5.41) is 8.91. The molecule has 0 bridgehead atoms. The van der Waals surface area contributed by atoms with Crippen LogP contribution in [0.25, 0.3) is 12.2 Å². The second-order valence-corrected chi connectivity index (χ2v) is 5.25. The van der Waals surface area contributed by atoms with E-state index in [2.05, 4.69) is 6.08 Å². The van der Waals surface area contributed by atoms with E-state index in [-0.39, 0.29) is 0 Å². The zero-order valence-electron chi connectivity index (χ0n) is 12.2. The van der Waals surface area contributed by atoms with Gasteiger partial charge in [-0.3, -0.25) is 0 Å². The fourth-order valence-electron chi connectivity index (χ4n) is 2.41. The normalized spacial score (nSPS) is 13.9. The molecule has 110 valence electrons. The lowest BCUT2D eigenvalue weighted by Crippen LogP contribution is -2.07. The number of aromatic carboxylic acids is 1.